The first-order valence-corrected chi connectivity index (χ1v) is 5.34. The second-order valence-corrected chi connectivity index (χ2v) is 3.53. The first-order chi connectivity index (χ1) is 8.92. The summed E-state index contributed by atoms with van der Waals surface area (Å²) in [7, 11) is 4.10. The molecule has 8 heteroatoms. The van der Waals surface area contributed by atoms with Crippen LogP contribution in [0.2, 0.25) is 0 Å². The molecule has 108 valence electrons. The molecule has 0 atom stereocenters. The van der Waals surface area contributed by atoms with Gasteiger partial charge >= 0.3 is 6.18 Å². The van der Waals surface area contributed by atoms with Crippen LogP contribution in [0.3, 0.4) is 0 Å². The molecule has 19 heavy (non-hydrogen) atoms. The molecule has 0 unspecified atom stereocenters. The molecule has 0 saturated heterocycles. The van der Waals surface area contributed by atoms with E-state index in [0.29, 0.717) is 0 Å². The molecule has 0 saturated carbocycles. The van der Waals surface area contributed by atoms with Crippen LogP contribution in [0.25, 0.3) is 0 Å². The molecule has 1 aromatic rings. The topological polar surface area (TPSA) is 52.6 Å². The van der Waals surface area contributed by atoms with Gasteiger partial charge in [0.1, 0.15) is 5.82 Å². The molecule has 0 spiro atoms. The molecule has 0 radical (unpaired) electrons. The maximum atomic E-state index is 12.8. The molecule has 0 aromatic carbocycles. The molecule has 0 amide bonds. The number of aromatic nitrogens is 1. The Morgan fingerprint density at radius 2 is 1.84 bits per heavy atom. The third-order valence-corrected chi connectivity index (χ3v) is 2.35. The van der Waals surface area contributed by atoms with Crippen molar-refractivity contribution in [2.24, 2.45) is 0 Å². The van der Waals surface area contributed by atoms with Crippen LogP contribution in [0.4, 0.5) is 19.0 Å². The van der Waals surface area contributed by atoms with Crippen molar-refractivity contribution in [1.82, 2.24) is 4.98 Å². The van der Waals surface area contributed by atoms with Crippen molar-refractivity contribution >= 4 is 5.82 Å². The molecule has 1 aromatic heterocycles. The Bertz CT molecular complexity index is 409. The van der Waals surface area contributed by atoms with E-state index in [1.165, 1.54) is 21.3 Å². The minimum Gasteiger partial charge on any atom is -0.481 e. The fourth-order valence-corrected chi connectivity index (χ4v) is 1.36. The van der Waals surface area contributed by atoms with E-state index in [9.17, 15) is 13.2 Å². The van der Waals surface area contributed by atoms with Crippen LogP contribution in [-0.4, -0.2) is 39.1 Å². The minimum atomic E-state index is -4.50. The Balaban J connectivity index is 2.95. The molecule has 1 N–H and O–H groups in total. The van der Waals surface area contributed by atoms with E-state index in [1.54, 1.807) is 0 Å². The number of pyridine rings is 1. The van der Waals surface area contributed by atoms with Gasteiger partial charge in [0.15, 0.2) is 6.29 Å². The third kappa shape index (κ3) is 4.25. The van der Waals surface area contributed by atoms with Crippen molar-refractivity contribution in [3.05, 3.63) is 17.7 Å². The van der Waals surface area contributed by atoms with E-state index >= 15 is 0 Å². The summed E-state index contributed by atoms with van der Waals surface area (Å²) < 4.78 is 52.9. The van der Waals surface area contributed by atoms with Crippen LogP contribution in [0.1, 0.15) is 5.56 Å². The highest BCUT2D eigenvalue weighted by Gasteiger charge is 2.34. The van der Waals surface area contributed by atoms with Gasteiger partial charge in [0.25, 0.3) is 0 Å². The molecule has 0 fully saturated rings. The molecule has 1 heterocycles. The number of rotatable bonds is 6. The predicted molar refractivity (Wildman–Crippen MR) is 62.1 cm³/mol. The van der Waals surface area contributed by atoms with E-state index in [4.69, 9.17) is 14.2 Å². The Labute approximate surface area is 108 Å². The Morgan fingerprint density at radius 3 is 2.32 bits per heavy atom. The van der Waals surface area contributed by atoms with Gasteiger partial charge in [-0.3, -0.25) is 0 Å². The van der Waals surface area contributed by atoms with Crippen molar-refractivity contribution < 1.29 is 27.4 Å². The fourth-order valence-electron chi connectivity index (χ4n) is 1.36. The summed E-state index contributed by atoms with van der Waals surface area (Å²) in [6.07, 6.45) is -5.17. The Hall–Kier alpha value is -1.54. The fraction of sp³-hybridized carbons (Fsp3) is 0.545. The summed E-state index contributed by atoms with van der Waals surface area (Å²) in [6.45, 7) is 0.0241. The average Bonchev–Trinajstić information content (AvgIpc) is 2.38. The van der Waals surface area contributed by atoms with Crippen molar-refractivity contribution in [3.63, 3.8) is 0 Å². The molecule has 0 bridgehead atoms. The lowest BCUT2D eigenvalue weighted by atomic mass is 10.2. The van der Waals surface area contributed by atoms with Crippen molar-refractivity contribution in [2.45, 2.75) is 12.5 Å². The quantitative estimate of drug-likeness (QED) is 0.809. The first-order valence-electron chi connectivity index (χ1n) is 5.34. The van der Waals surface area contributed by atoms with Crippen molar-refractivity contribution in [3.8, 4) is 5.88 Å². The van der Waals surface area contributed by atoms with Gasteiger partial charge in [-0.05, 0) is 6.07 Å². The highest BCUT2D eigenvalue weighted by atomic mass is 19.4. The van der Waals surface area contributed by atoms with E-state index in [1.807, 2.05) is 0 Å². The zero-order valence-electron chi connectivity index (χ0n) is 10.7. The number of hydrogen-bond donors (Lipinski definition) is 1. The first kappa shape index (κ1) is 15.5. The van der Waals surface area contributed by atoms with E-state index in [2.05, 4.69) is 10.3 Å². The van der Waals surface area contributed by atoms with Crippen molar-refractivity contribution in [1.29, 1.82) is 0 Å². The molecular weight excluding hydrogens is 265 g/mol. The van der Waals surface area contributed by atoms with Crippen LogP contribution in [0, 0.1) is 0 Å². The number of ether oxygens (including phenoxy) is 3. The van der Waals surface area contributed by atoms with Gasteiger partial charge in [-0.25, -0.2) is 0 Å². The standard InChI is InChI=1S/C11H15F3N2O3/c1-17-8-5-4-7(11(12,13)14)10(16-8)15-6-9(18-2)19-3/h4-5,9H,6H2,1-3H3,(H,15,16). The lowest BCUT2D eigenvalue weighted by molar-refractivity contribution is -0.137. The van der Waals surface area contributed by atoms with Crippen molar-refractivity contribution in [2.75, 3.05) is 33.2 Å². The molecule has 0 aliphatic rings. The lowest BCUT2D eigenvalue weighted by Crippen LogP contribution is -2.25. The second-order valence-electron chi connectivity index (χ2n) is 3.53. The van der Waals surface area contributed by atoms with Crippen LogP contribution >= 0.6 is 0 Å². The van der Waals surface area contributed by atoms with Crippen LogP contribution in [-0.2, 0) is 15.7 Å². The van der Waals surface area contributed by atoms with Gasteiger partial charge in [0.2, 0.25) is 5.88 Å². The van der Waals surface area contributed by atoms with Crippen LogP contribution in [0.15, 0.2) is 12.1 Å². The average molecular weight is 280 g/mol. The molecule has 5 nitrogen and oxygen atoms in total. The Morgan fingerprint density at radius 1 is 1.21 bits per heavy atom. The van der Waals surface area contributed by atoms with E-state index in [0.717, 1.165) is 12.1 Å². The maximum absolute atomic E-state index is 12.8. The summed E-state index contributed by atoms with van der Waals surface area (Å²) >= 11 is 0. The number of alkyl halides is 3. The monoisotopic (exact) mass is 280 g/mol. The summed E-state index contributed by atoms with van der Waals surface area (Å²) in [5.41, 5.74) is -0.876. The highest BCUT2D eigenvalue weighted by molar-refractivity contribution is 5.48. The number of hydrogen-bond acceptors (Lipinski definition) is 5. The SMILES string of the molecule is COc1ccc(C(F)(F)F)c(NCC(OC)OC)n1. The molecule has 0 aliphatic heterocycles. The van der Waals surface area contributed by atoms with Gasteiger partial charge in [0, 0.05) is 20.3 Å². The van der Waals surface area contributed by atoms with E-state index in [-0.39, 0.29) is 18.2 Å². The number of nitrogens with one attached hydrogen (secondary N) is 1. The van der Waals surface area contributed by atoms with Gasteiger partial charge in [0.05, 0.1) is 19.2 Å². The zero-order valence-corrected chi connectivity index (χ0v) is 10.7. The molecule has 0 aliphatic carbocycles. The number of anilines is 1. The third-order valence-electron chi connectivity index (χ3n) is 2.35. The summed E-state index contributed by atoms with van der Waals surface area (Å²) in [4.78, 5) is 3.73. The van der Waals surface area contributed by atoms with Gasteiger partial charge in [-0.2, -0.15) is 18.2 Å². The smallest absolute Gasteiger partial charge is 0.419 e. The Kier molecular flexibility index (Phi) is 5.37. The lowest BCUT2D eigenvalue weighted by Gasteiger charge is -2.17. The van der Waals surface area contributed by atoms with Gasteiger partial charge in [-0.15, -0.1) is 0 Å². The summed E-state index contributed by atoms with van der Waals surface area (Å²) in [5, 5.41) is 2.54. The maximum Gasteiger partial charge on any atom is 0.419 e. The summed E-state index contributed by atoms with van der Waals surface area (Å²) in [6, 6.07) is 2.06. The highest BCUT2D eigenvalue weighted by Crippen LogP contribution is 2.34. The largest absolute Gasteiger partial charge is 0.481 e. The normalized spacial score (nSPS) is 11.7. The summed E-state index contributed by atoms with van der Waals surface area (Å²) in [5.74, 6) is -0.243. The number of halogens is 3. The number of nitrogens with zero attached hydrogens (tertiary/aromatic N) is 1. The van der Waals surface area contributed by atoms with Gasteiger partial charge in [-0.1, -0.05) is 0 Å². The van der Waals surface area contributed by atoms with Crippen LogP contribution < -0.4 is 10.1 Å². The number of methoxy groups -OCH3 is 3. The zero-order chi connectivity index (χ0) is 14.5. The van der Waals surface area contributed by atoms with Crippen LogP contribution in [0.5, 0.6) is 5.88 Å². The molecule has 1 rings (SSSR count). The molecular formula is C11H15F3N2O3. The second kappa shape index (κ2) is 6.58. The minimum absolute atomic E-state index is 0.0241. The van der Waals surface area contributed by atoms with E-state index < -0.39 is 18.0 Å². The predicted octanol–water partition coefficient (Wildman–Crippen LogP) is 2.14. The van der Waals surface area contributed by atoms with Gasteiger partial charge < -0.3 is 19.5 Å².